The molecule has 17 heavy (non-hydrogen) atoms. The van der Waals surface area contributed by atoms with E-state index in [4.69, 9.17) is 10.3 Å². The molecule has 3 N–H and O–H groups in total. The van der Waals surface area contributed by atoms with Crippen molar-refractivity contribution in [3.8, 4) is 0 Å². The van der Waals surface area contributed by atoms with Crippen molar-refractivity contribution in [2.45, 2.75) is 37.3 Å². The number of thioether (sulfide) groups is 1. The zero-order valence-electron chi connectivity index (χ0n) is 9.31. The average Bonchev–Trinajstić information content (AvgIpc) is 2.96. The first-order chi connectivity index (χ1) is 8.17. The van der Waals surface area contributed by atoms with E-state index in [1.807, 2.05) is 0 Å². The van der Waals surface area contributed by atoms with Gasteiger partial charge in [0.05, 0.1) is 5.54 Å². The van der Waals surface area contributed by atoms with Gasteiger partial charge >= 0.3 is 0 Å². The molecule has 92 valence electrons. The predicted molar refractivity (Wildman–Crippen MR) is 62.4 cm³/mol. The van der Waals surface area contributed by atoms with E-state index in [1.54, 1.807) is 0 Å². The van der Waals surface area contributed by atoms with Crippen LogP contribution in [0.15, 0.2) is 4.52 Å². The zero-order chi connectivity index (χ0) is 11.9. The molecule has 1 amide bonds. The number of amides is 1. The summed E-state index contributed by atoms with van der Waals surface area (Å²) in [7, 11) is 0. The van der Waals surface area contributed by atoms with Gasteiger partial charge in [-0.05, 0) is 12.8 Å². The van der Waals surface area contributed by atoms with Crippen LogP contribution in [-0.4, -0.2) is 21.1 Å². The molecule has 3 rings (SSSR count). The summed E-state index contributed by atoms with van der Waals surface area (Å²) < 4.78 is 5.21. The lowest BCUT2D eigenvalue weighted by molar-refractivity contribution is 0.257. The van der Waals surface area contributed by atoms with Gasteiger partial charge in [-0.25, -0.2) is 0 Å². The Morgan fingerprint density at radius 3 is 2.88 bits per heavy atom. The Balaban J connectivity index is 1.80. The lowest BCUT2D eigenvalue weighted by Crippen LogP contribution is -2.34. The summed E-state index contributed by atoms with van der Waals surface area (Å²) in [5.74, 6) is 1.68. The number of nitrogens with zero attached hydrogens (tertiary/aromatic N) is 2. The monoisotopic (exact) mass is 254 g/mol. The smallest absolute Gasteiger partial charge is 0.279 e. The van der Waals surface area contributed by atoms with E-state index in [9.17, 15) is 4.79 Å². The third kappa shape index (κ3) is 1.93. The number of hydrogen-bond donors (Lipinski definition) is 2. The minimum atomic E-state index is -0.433. The maximum atomic E-state index is 11.1. The molecule has 1 aromatic rings. The van der Waals surface area contributed by atoms with E-state index < -0.39 is 5.54 Å². The highest BCUT2D eigenvalue weighted by molar-refractivity contribution is 8.13. The number of carbonyl (C=O) groups excluding carboxylic acids is 1. The topological polar surface area (TPSA) is 94.0 Å². The van der Waals surface area contributed by atoms with Crippen molar-refractivity contribution in [3.05, 3.63) is 11.7 Å². The largest absolute Gasteiger partial charge is 0.337 e. The van der Waals surface area contributed by atoms with Crippen LogP contribution in [0.25, 0.3) is 0 Å². The minimum absolute atomic E-state index is 0.0434. The highest BCUT2D eigenvalue weighted by Crippen LogP contribution is 2.35. The van der Waals surface area contributed by atoms with Crippen molar-refractivity contribution in [1.29, 1.82) is 0 Å². The first-order valence-corrected chi connectivity index (χ1v) is 6.72. The van der Waals surface area contributed by atoms with E-state index in [0.717, 1.165) is 25.7 Å². The highest BCUT2D eigenvalue weighted by Gasteiger charge is 2.37. The quantitative estimate of drug-likeness (QED) is 0.826. The van der Waals surface area contributed by atoms with Crippen molar-refractivity contribution in [1.82, 2.24) is 15.5 Å². The molecule has 2 fully saturated rings. The normalized spacial score (nSPS) is 27.4. The van der Waals surface area contributed by atoms with Crippen LogP contribution in [-0.2, 0) is 5.54 Å². The maximum Gasteiger partial charge on any atom is 0.279 e. The fourth-order valence-electron chi connectivity index (χ4n) is 2.33. The molecule has 0 spiro atoms. The van der Waals surface area contributed by atoms with Gasteiger partial charge in [-0.3, -0.25) is 4.79 Å². The van der Waals surface area contributed by atoms with Gasteiger partial charge in [-0.1, -0.05) is 29.8 Å². The van der Waals surface area contributed by atoms with Crippen LogP contribution in [0.3, 0.4) is 0 Å². The van der Waals surface area contributed by atoms with Gasteiger partial charge in [0.2, 0.25) is 5.89 Å². The summed E-state index contributed by atoms with van der Waals surface area (Å²) in [4.78, 5) is 15.4. The van der Waals surface area contributed by atoms with Crippen molar-refractivity contribution in [2.24, 2.45) is 5.73 Å². The Kier molecular flexibility index (Phi) is 2.59. The standard InChI is InChI=1S/C10H14N4O2S/c11-10(3-1-2-4-10)8-13-7(16-14-8)6-5-17-9(15)12-6/h6H,1-5,11H2,(H,12,15)/t6-/m0/s1. The van der Waals surface area contributed by atoms with Crippen LogP contribution in [0.2, 0.25) is 0 Å². The number of nitrogens with two attached hydrogens (primary N) is 1. The lowest BCUT2D eigenvalue weighted by Gasteiger charge is -2.17. The molecular formula is C10H14N4O2S. The molecule has 0 unspecified atom stereocenters. The zero-order valence-corrected chi connectivity index (χ0v) is 10.1. The van der Waals surface area contributed by atoms with E-state index in [1.165, 1.54) is 11.8 Å². The summed E-state index contributed by atoms with van der Waals surface area (Å²) in [5, 5.41) is 6.70. The molecule has 1 saturated carbocycles. The van der Waals surface area contributed by atoms with Crippen molar-refractivity contribution in [2.75, 3.05) is 5.75 Å². The molecule has 1 aliphatic carbocycles. The summed E-state index contributed by atoms with van der Waals surface area (Å²) in [6.45, 7) is 0. The fourth-order valence-corrected chi connectivity index (χ4v) is 3.10. The first-order valence-electron chi connectivity index (χ1n) is 5.74. The third-order valence-corrected chi connectivity index (χ3v) is 4.23. The Bertz CT molecular complexity index is 441. The number of carbonyl (C=O) groups is 1. The van der Waals surface area contributed by atoms with Crippen molar-refractivity contribution < 1.29 is 9.32 Å². The minimum Gasteiger partial charge on any atom is -0.337 e. The molecule has 0 aromatic carbocycles. The van der Waals surface area contributed by atoms with E-state index in [0.29, 0.717) is 17.5 Å². The van der Waals surface area contributed by atoms with Gasteiger partial charge in [0.25, 0.3) is 5.24 Å². The molecule has 2 heterocycles. The first kappa shape index (κ1) is 11.0. The molecule has 1 aliphatic heterocycles. The van der Waals surface area contributed by atoms with E-state index >= 15 is 0 Å². The van der Waals surface area contributed by atoms with Crippen LogP contribution in [0.4, 0.5) is 4.79 Å². The molecule has 1 atom stereocenters. The average molecular weight is 254 g/mol. The van der Waals surface area contributed by atoms with Gasteiger partial charge in [-0.2, -0.15) is 4.98 Å². The van der Waals surface area contributed by atoms with E-state index in [2.05, 4.69) is 15.5 Å². The molecule has 0 bridgehead atoms. The lowest BCUT2D eigenvalue weighted by atomic mass is 9.99. The van der Waals surface area contributed by atoms with Crippen LogP contribution < -0.4 is 11.1 Å². The van der Waals surface area contributed by atoms with Gasteiger partial charge in [0.1, 0.15) is 6.04 Å². The second kappa shape index (κ2) is 3.99. The third-order valence-electron chi connectivity index (χ3n) is 3.35. The van der Waals surface area contributed by atoms with Crippen LogP contribution in [0, 0.1) is 0 Å². The van der Waals surface area contributed by atoms with Gasteiger partial charge in [0.15, 0.2) is 5.82 Å². The molecule has 6 nitrogen and oxygen atoms in total. The molecule has 1 saturated heterocycles. The van der Waals surface area contributed by atoms with Crippen LogP contribution >= 0.6 is 11.8 Å². The highest BCUT2D eigenvalue weighted by atomic mass is 32.2. The van der Waals surface area contributed by atoms with Gasteiger partial charge in [0, 0.05) is 5.75 Å². The van der Waals surface area contributed by atoms with Crippen LogP contribution in [0.1, 0.15) is 43.4 Å². The molecule has 1 aromatic heterocycles. The van der Waals surface area contributed by atoms with Gasteiger partial charge in [-0.15, -0.1) is 0 Å². The number of hydrogen-bond acceptors (Lipinski definition) is 6. The second-order valence-corrected chi connectivity index (χ2v) is 5.61. The summed E-state index contributed by atoms with van der Waals surface area (Å²) in [6.07, 6.45) is 4.02. The Labute approximate surface area is 103 Å². The molecule has 0 radical (unpaired) electrons. The number of nitrogens with one attached hydrogen (secondary N) is 1. The molecular weight excluding hydrogens is 240 g/mol. The Hall–Kier alpha value is -1.08. The van der Waals surface area contributed by atoms with Crippen molar-refractivity contribution in [3.63, 3.8) is 0 Å². The summed E-state index contributed by atoms with van der Waals surface area (Å²) >= 11 is 1.23. The maximum absolute atomic E-state index is 11.1. The predicted octanol–water partition coefficient (Wildman–Crippen LogP) is 1.30. The fraction of sp³-hybridized carbons (Fsp3) is 0.700. The number of rotatable bonds is 2. The number of aromatic nitrogens is 2. The van der Waals surface area contributed by atoms with Gasteiger partial charge < -0.3 is 15.6 Å². The second-order valence-electron chi connectivity index (χ2n) is 4.61. The van der Waals surface area contributed by atoms with E-state index in [-0.39, 0.29) is 11.3 Å². The molecule has 2 aliphatic rings. The SMILES string of the molecule is NC1(c2noc([C@@H]3CSC(=O)N3)n2)CCCC1. The van der Waals surface area contributed by atoms with Crippen LogP contribution in [0.5, 0.6) is 0 Å². The summed E-state index contributed by atoms with van der Waals surface area (Å²) in [6, 6.07) is -0.168. The Morgan fingerprint density at radius 2 is 2.24 bits per heavy atom. The van der Waals surface area contributed by atoms with Crippen molar-refractivity contribution >= 4 is 17.0 Å². The Morgan fingerprint density at radius 1 is 1.47 bits per heavy atom. The summed E-state index contributed by atoms with van der Waals surface area (Å²) in [5.41, 5.74) is 5.81. The molecule has 7 heteroatoms.